The van der Waals surface area contributed by atoms with Gasteiger partial charge in [0.25, 0.3) is 0 Å². The minimum absolute atomic E-state index is 0.0632. The summed E-state index contributed by atoms with van der Waals surface area (Å²) in [6.07, 6.45) is -0.228. The van der Waals surface area contributed by atoms with Crippen LogP contribution in [0.15, 0.2) is 0 Å². The number of carboxylic acids is 2. The first-order valence-electron chi connectivity index (χ1n) is 4.55. The smallest absolute Gasteiger partial charge is 0.303 e. The van der Waals surface area contributed by atoms with Gasteiger partial charge in [0.2, 0.25) is 0 Å². The maximum absolute atomic E-state index is 9.79. The van der Waals surface area contributed by atoms with Gasteiger partial charge in [0, 0.05) is 12.8 Å². The molecular formula is C9H19NO5. The third-order valence-electron chi connectivity index (χ3n) is 1.53. The van der Waals surface area contributed by atoms with E-state index in [2.05, 4.69) is 0 Å². The molecule has 0 radical (unpaired) electrons. The molecule has 90 valence electrons. The monoisotopic (exact) mass is 221 g/mol. The van der Waals surface area contributed by atoms with Crippen molar-refractivity contribution in [1.29, 1.82) is 0 Å². The molecule has 0 aliphatic heterocycles. The van der Waals surface area contributed by atoms with Crippen molar-refractivity contribution in [2.45, 2.75) is 32.4 Å². The molecule has 1 unspecified atom stereocenters. The Labute approximate surface area is 89.1 Å². The van der Waals surface area contributed by atoms with Crippen molar-refractivity contribution >= 4 is 11.9 Å². The lowest BCUT2D eigenvalue weighted by Gasteiger charge is -2.11. The summed E-state index contributed by atoms with van der Waals surface area (Å²) in [7, 11) is 3.65. The largest absolute Gasteiger partial charge is 0.481 e. The SMILES string of the molecule is CC(O)N(C)C.O=C(O)CCCC(=O)O. The van der Waals surface area contributed by atoms with Crippen molar-refractivity contribution in [2.75, 3.05) is 14.1 Å². The van der Waals surface area contributed by atoms with Crippen molar-refractivity contribution in [3.63, 3.8) is 0 Å². The van der Waals surface area contributed by atoms with Crippen LogP contribution in [0.3, 0.4) is 0 Å². The van der Waals surface area contributed by atoms with Crippen LogP contribution in [0.25, 0.3) is 0 Å². The summed E-state index contributed by atoms with van der Waals surface area (Å²) < 4.78 is 0. The minimum atomic E-state index is -0.948. The van der Waals surface area contributed by atoms with Crippen LogP contribution in [0.1, 0.15) is 26.2 Å². The Morgan fingerprint density at radius 3 is 1.53 bits per heavy atom. The van der Waals surface area contributed by atoms with Gasteiger partial charge < -0.3 is 15.3 Å². The second-order valence-electron chi connectivity index (χ2n) is 3.24. The zero-order chi connectivity index (χ0) is 12.4. The zero-order valence-electron chi connectivity index (χ0n) is 9.30. The number of carbonyl (C=O) groups is 2. The Morgan fingerprint density at radius 2 is 1.40 bits per heavy atom. The number of hydrogen-bond acceptors (Lipinski definition) is 4. The van der Waals surface area contributed by atoms with Gasteiger partial charge in [-0.25, -0.2) is 0 Å². The molecule has 0 saturated heterocycles. The molecule has 0 rings (SSSR count). The number of hydrogen-bond donors (Lipinski definition) is 3. The van der Waals surface area contributed by atoms with E-state index in [1.165, 1.54) is 0 Å². The molecule has 0 saturated carbocycles. The van der Waals surface area contributed by atoms with Gasteiger partial charge in [0.15, 0.2) is 0 Å². The van der Waals surface area contributed by atoms with E-state index >= 15 is 0 Å². The maximum atomic E-state index is 9.79. The predicted molar refractivity (Wildman–Crippen MR) is 54.5 cm³/mol. The van der Waals surface area contributed by atoms with Crippen molar-refractivity contribution in [1.82, 2.24) is 4.90 Å². The molecule has 0 aromatic heterocycles. The molecule has 0 heterocycles. The van der Waals surface area contributed by atoms with Gasteiger partial charge in [-0.2, -0.15) is 0 Å². The van der Waals surface area contributed by atoms with Crippen LogP contribution in [0.5, 0.6) is 0 Å². The van der Waals surface area contributed by atoms with Gasteiger partial charge in [-0.1, -0.05) is 0 Å². The van der Waals surface area contributed by atoms with Gasteiger partial charge in [-0.05, 0) is 27.4 Å². The van der Waals surface area contributed by atoms with Crippen molar-refractivity contribution in [3.8, 4) is 0 Å². The summed E-state index contributed by atoms with van der Waals surface area (Å²) in [5, 5.41) is 24.6. The summed E-state index contributed by atoms with van der Waals surface area (Å²) in [4.78, 5) is 21.3. The number of aliphatic carboxylic acids is 2. The normalized spacial score (nSPS) is 11.5. The lowest BCUT2D eigenvalue weighted by molar-refractivity contribution is -0.138. The van der Waals surface area contributed by atoms with Crippen LogP contribution in [0, 0.1) is 0 Å². The summed E-state index contributed by atoms with van der Waals surface area (Å²) >= 11 is 0. The zero-order valence-corrected chi connectivity index (χ0v) is 9.30. The summed E-state index contributed by atoms with van der Waals surface area (Å²) in [5.41, 5.74) is 0. The number of rotatable bonds is 5. The third kappa shape index (κ3) is 19.3. The quantitative estimate of drug-likeness (QED) is 0.574. The molecule has 0 aliphatic carbocycles. The van der Waals surface area contributed by atoms with E-state index in [0.29, 0.717) is 0 Å². The Hall–Kier alpha value is -1.14. The average Bonchev–Trinajstić information content (AvgIpc) is 2.03. The van der Waals surface area contributed by atoms with Crippen molar-refractivity contribution < 1.29 is 24.9 Å². The van der Waals surface area contributed by atoms with Crippen molar-refractivity contribution in [3.05, 3.63) is 0 Å². The summed E-state index contributed by atoms with van der Waals surface area (Å²) in [6.45, 7) is 1.72. The molecule has 0 aromatic carbocycles. The van der Waals surface area contributed by atoms with E-state index in [-0.39, 0.29) is 25.5 Å². The second kappa shape index (κ2) is 9.42. The fourth-order valence-electron chi connectivity index (χ4n) is 0.391. The highest BCUT2D eigenvalue weighted by Gasteiger charge is 1.99. The third-order valence-corrected chi connectivity index (χ3v) is 1.53. The number of nitrogens with zero attached hydrogens (tertiary/aromatic N) is 1. The average molecular weight is 221 g/mol. The number of carboxylic acid groups (broad SMARTS) is 2. The van der Waals surface area contributed by atoms with Gasteiger partial charge >= 0.3 is 11.9 Å². The molecule has 0 spiro atoms. The lowest BCUT2D eigenvalue weighted by atomic mass is 10.2. The van der Waals surface area contributed by atoms with Crippen LogP contribution in [0.4, 0.5) is 0 Å². The first-order chi connectivity index (χ1) is 6.77. The molecule has 0 bridgehead atoms. The van der Waals surface area contributed by atoms with E-state index in [9.17, 15) is 9.59 Å². The molecule has 3 N–H and O–H groups in total. The Morgan fingerprint density at radius 1 is 1.13 bits per heavy atom. The van der Waals surface area contributed by atoms with E-state index in [1.54, 1.807) is 11.8 Å². The molecule has 6 heteroatoms. The highest BCUT2D eigenvalue weighted by Crippen LogP contribution is 1.93. The molecule has 0 aromatic rings. The van der Waals surface area contributed by atoms with E-state index in [0.717, 1.165) is 0 Å². The Bertz CT molecular complexity index is 171. The fourth-order valence-corrected chi connectivity index (χ4v) is 0.391. The van der Waals surface area contributed by atoms with Crippen LogP contribution in [-0.4, -0.2) is 52.5 Å². The van der Waals surface area contributed by atoms with E-state index < -0.39 is 11.9 Å². The van der Waals surface area contributed by atoms with Crippen LogP contribution < -0.4 is 0 Å². The first-order valence-corrected chi connectivity index (χ1v) is 4.55. The highest BCUT2D eigenvalue weighted by atomic mass is 16.4. The van der Waals surface area contributed by atoms with Crippen molar-refractivity contribution in [2.24, 2.45) is 0 Å². The van der Waals surface area contributed by atoms with Gasteiger partial charge in [0.1, 0.15) is 6.23 Å². The molecule has 0 fully saturated rings. The van der Waals surface area contributed by atoms with Crippen LogP contribution >= 0.6 is 0 Å². The van der Waals surface area contributed by atoms with E-state index in [1.807, 2.05) is 14.1 Å². The molecule has 0 amide bonds. The number of aliphatic hydroxyl groups is 1. The Balaban J connectivity index is 0. The predicted octanol–water partition coefficient (Wildman–Crippen LogP) is 0.212. The molecule has 1 atom stereocenters. The highest BCUT2D eigenvalue weighted by molar-refractivity contribution is 5.69. The first kappa shape index (κ1) is 16.3. The standard InChI is InChI=1S/C5H8O4.C4H11NO/c6-4(7)2-1-3-5(8)9;1-4(6)5(2)3/h1-3H2,(H,6,7)(H,8,9);4,6H,1-3H3. The Kier molecular flexibility index (Phi) is 10.2. The van der Waals surface area contributed by atoms with Gasteiger partial charge in [-0.15, -0.1) is 0 Å². The number of aliphatic hydroxyl groups excluding tert-OH is 1. The van der Waals surface area contributed by atoms with Crippen LogP contribution in [0.2, 0.25) is 0 Å². The molecule has 0 aliphatic rings. The molecular weight excluding hydrogens is 202 g/mol. The summed E-state index contributed by atoms with van der Waals surface area (Å²) in [5.74, 6) is -1.90. The maximum Gasteiger partial charge on any atom is 0.303 e. The fraction of sp³-hybridized carbons (Fsp3) is 0.778. The molecule has 6 nitrogen and oxygen atoms in total. The topological polar surface area (TPSA) is 98.1 Å². The van der Waals surface area contributed by atoms with Crippen LogP contribution in [-0.2, 0) is 9.59 Å². The van der Waals surface area contributed by atoms with Gasteiger partial charge in [0.05, 0.1) is 0 Å². The summed E-state index contributed by atoms with van der Waals surface area (Å²) in [6, 6.07) is 0. The second-order valence-corrected chi connectivity index (χ2v) is 3.24. The molecule has 15 heavy (non-hydrogen) atoms. The van der Waals surface area contributed by atoms with Gasteiger partial charge in [-0.3, -0.25) is 14.5 Å². The minimum Gasteiger partial charge on any atom is -0.481 e. The lowest BCUT2D eigenvalue weighted by Crippen LogP contribution is -2.23. The van der Waals surface area contributed by atoms with E-state index in [4.69, 9.17) is 15.3 Å².